The van der Waals surface area contributed by atoms with Gasteiger partial charge in [-0.2, -0.15) is 0 Å². The average Bonchev–Trinajstić information content (AvgIpc) is 3.55. The zero-order chi connectivity index (χ0) is 24.4. The maximum atomic E-state index is 14.4. The Bertz CT molecular complexity index is 1210. The van der Waals surface area contributed by atoms with Crippen molar-refractivity contribution >= 4 is 34.8 Å². The number of thiophene rings is 1. The third-order valence-electron chi connectivity index (χ3n) is 6.53. The summed E-state index contributed by atoms with van der Waals surface area (Å²) in [5.74, 6) is -0.120. The summed E-state index contributed by atoms with van der Waals surface area (Å²) in [6.45, 7) is 1.22. The lowest BCUT2D eigenvalue weighted by molar-refractivity contribution is -0.135. The first-order valence-electron chi connectivity index (χ1n) is 11.8. The molecule has 5 nitrogen and oxygen atoms in total. The number of halogens is 2. The van der Waals surface area contributed by atoms with Crippen molar-refractivity contribution in [2.45, 2.75) is 25.3 Å². The van der Waals surface area contributed by atoms with Crippen LogP contribution in [-0.2, 0) is 11.2 Å². The van der Waals surface area contributed by atoms with E-state index >= 15 is 0 Å². The normalized spacial score (nSPS) is 17.1. The first-order chi connectivity index (χ1) is 17.0. The fourth-order valence-corrected chi connectivity index (χ4v) is 5.53. The monoisotopic (exact) mass is 512 g/mol. The standard InChI is InChI=1S/C27H26ClFN2O3S/c28-19-7-9-20(10-8-19)34-17-24-22-12-14-35-25(22)11-13-31(24)26(32)16-30(15-18-5-6-18)27(33)21-3-1-2-4-23(21)29/h1-4,7-10,12,14,18,24H,5-6,11,13,15-17H2/t24-/m0/s1. The van der Waals surface area contributed by atoms with Crippen LogP contribution >= 0.6 is 22.9 Å². The molecule has 1 aliphatic carbocycles. The molecule has 2 heterocycles. The number of rotatable bonds is 8. The highest BCUT2D eigenvalue weighted by molar-refractivity contribution is 7.10. The fraction of sp³-hybridized carbons (Fsp3) is 0.333. The summed E-state index contributed by atoms with van der Waals surface area (Å²) in [6.07, 6.45) is 2.81. The Morgan fingerprint density at radius 2 is 1.89 bits per heavy atom. The molecule has 0 bridgehead atoms. The molecule has 1 aliphatic heterocycles. The summed E-state index contributed by atoms with van der Waals surface area (Å²) in [4.78, 5) is 31.4. The van der Waals surface area contributed by atoms with Gasteiger partial charge in [0.05, 0.1) is 11.6 Å². The molecule has 182 valence electrons. The van der Waals surface area contributed by atoms with Crippen molar-refractivity contribution in [2.75, 3.05) is 26.2 Å². The molecule has 1 atom stereocenters. The second-order valence-electron chi connectivity index (χ2n) is 9.03. The number of amides is 2. The van der Waals surface area contributed by atoms with Gasteiger partial charge in [0.1, 0.15) is 24.7 Å². The maximum absolute atomic E-state index is 14.4. The van der Waals surface area contributed by atoms with Crippen LogP contribution in [-0.4, -0.2) is 47.9 Å². The van der Waals surface area contributed by atoms with E-state index in [2.05, 4.69) is 0 Å². The van der Waals surface area contributed by atoms with Crippen LogP contribution in [0.25, 0.3) is 0 Å². The Labute approximate surface area is 213 Å². The van der Waals surface area contributed by atoms with Crippen LogP contribution < -0.4 is 4.74 Å². The van der Waals surface area contributed by atoms with Gasteiger partial charge in [-0.1, -0.05) is 23.7 Å². The first-order valence-corrected chi connectivity index (χ1v) is 13.0. The van der Waals surface area contributed by atoms with E-state index < -0.39 is 11.7 Å². The Hall–Kier alpha value is -2.90. The summed E-state index contributed by atoms with van der Waals surface area (Å²) in [7, 11) is 0. The second-order valence-corrected chi connectivity index (χ2v) is 10.5. The van der Waals surface area contributed by atoms with Gasteiger partial charge in [0.2, 0.25) is 5.91 Å². The summed E-state index contributed by atoms with van der Waals surface area (Å²) in [5, 5.41) is 2.66. The summed E-state index contributed by atoms with van der Waals surface area (Å²) < 4.78 is 20.4. The number of fused-ring (bicyclic) bond motifs is 1. The van der Waals surface area contributed by atoms with Crippen LogP contribution in [0, 0.1) is 11.7 Å². The SMILES string of the molecule is O=C(c1ccccc1F)N(CC(=O)N1CCc2sccc2[C@@H]1COc1ccc(Cl)cc1)CC1CC1. The van der Waals surface area contributed by atoms with E-state index in [0.29, 0.717) is 36.4 Å². The van der Waals surface area contributed by atoms with Gasteiger partial charge in [0.15, 0.2) is 0 Å². The summed E-state index contributed by atoms with van der Waals surface area (Å²) in [6, 6.07) is 14.9. The molecule has 1 aromatic heterocycles. The van der Waals surface area contributed by atoms with Gasteiger partial charge < -0.3 is 14.5 Å². The molecule has 0 radical (unpaired) electrons. The Balaban J connectivity index is 1.34. The third kappa shape index (κ3) is 5.52. The van der Waals surface area contributed by atoms with E-state index in [9.17, 15) is 14.0 Å². The third-order valence-corrected chi connectivity index (χ3v) is 7.78. The van der Waals surface area contributed by atoms with Crippen molar-refractivity contribution in [2.24, 2.45) is 5.92 Å². The molecule has 35 heavy (non-hydrogen) atoms. The van der Waals surface area contributed by atoms with E-state index in [0.717, 1.165) is 24.8 Å². The highest BCUT2D eigenvalue weighted by Gasteiger charge is 2.35. The van der Waals surface area contributed by atoms with Gasteiger partial charge in [0.25, 0.3) is 5.91 Å². The Kier molecular flexibility index (Phi) is 7.07. The molecule has 0 N–H and O–H groups in total. The minimum atomic E-state index is -0.569. The highest BCUT2D eigenvalue weighted by atomic mass is 35.5. The van der Waals surface area contributed by atoms with Crippen molar-refractivity contribution in [3.8, 4) is 5.75 Å². The lowest BCUT2D eigenvalue weighted by Crippen LogP contribution is -2.48. The lowest BCUT2D eigenvalue weighted by atomic mass is 10.00. The van der Waals surface area contributed by atoms with Crippen molar-refractivity contribution < 1.29 is 18.7 Å². The predicted octanol–water partition coefficient (Wildman–Crippen LogP) is 5.60. The summed E-state index contributed by atoms with van der Waals surface area (Å²) in [5.41, 5.74) is 1.08. The van der Waals surface area contributed by atoms with E-state index in [1.165, 1.54) is 21.9 Å². The van der Waals surface area contributed by atoms with Crippen LogP contribution in [0.5, 0.6) is 5.75 Å². The van der Waals surface area contributed by atoms with Crippen molar-refractivity contribution in [3.63, 3.8) is 0 Å². The molecule has 0 spiro atoms. The minimum Gasteiger partial charge on any atom is -0.491 e. The number of carbonyl (C=O) groups is 2. The number of ether oxygens (including phenoxy) is 1. The van der Waals surface area contributed by atoms with E-state index in [4.69, 9.17) is 16.3 Å². The quantitative estimate of drug-likeness (QED) is 0.395. The minimum absolute atomic E-state index is 0.00216. The van der Waals surface area contributed by atoms with Crippen LogP contribution in [0.1, 0.15) is 39.7 Å². The molecule has 2 amide bonds. The Morgan fingerprint density at radius 1 is 1.11 bits per heavy atom. The molecule has 2 aromatic carbocycles. The van der Waals surface area contributed by atoms with Crippen molar-refractivity contribution in [1.29, 1.82) is 0 Å². The van der Waals surface area contributed by atoms with Crippen LogP contribution in [0.3, 0.4) is 0 Å². The van der Waals surface area contributed by atoms with Crippen LogP contribution in [0.2, 0.25) is 5.02 Å². The highest BCUT2D eigenvalue weighted by Crippen LogP contribution is 2.35. The molecule has 3 aromatic rings. The molecule has 1 saturated carbocycles. The zero-order valence-electron chi connectivity index (χ0n) is 19.2. The fourth-order valence-electron chi connectivity index (χ4n) is 4.47. The number of hydrogen-bond acceptors (Lipinski definition) is 4. The summed E-state index contributed by atoms with van der Waals surface area (Å²) >= 11 is 7.67. The van der Waals surface area contributed by atoms with Gasteiger partial charge in [0, 0.05) is 23.0 Å². The zero-order valence-corrected chi connectivity index (χ0v) is 20.7. The number of hydrogen-bond donors (Lipinski definition) is 0. The van der Waals surface area contributed by atoms with Crippen molar-refractivity contribution in [1.82, 2.24) is 9.80 Å². The Morgan fingerprint density at radius 3 is 2.63 bits per heavy atom. The molecule has 0 saturated heterocycles. The second kappa shape index (κ2) is 10.4. The topological polar surface area (TPSA) is 49.9 Å². The van der Waals surface area contributed by atoms with Gasteiger partial charge in [-0.3, -0.25) is 9.59 Å². The molecule has 0 unspecified atom stereocenters. The molecule has 5 rings (SSSR count). The number of carbonyl (C=O) groups excluding carboxylic acids is 2. The van der Waals surface area contributed by atoms with Gasteiger partial charge in [-0.15, -0.1) is 11.3 Å². The number of nitrogens with zero attached hydrogens (tertiary/aromatic N) is 2. The first kappa shape index (κ1) is 23.8. The van der Waals surface area contributed by atoms with Gasteiger partial charge in [-0.05, 0) is 78.6 Å². The molecule has 1 fully saturated rings. The van der Waals surface area contributed by atoms with Gasteiger partial charge >= 0.3 is 0 Å². The lowest BCUT2D eigenvalue weighted by Gasteiger charge is -2.37. The van der Waals surface area contributed by atoms with Gasteiger partial charge in [-0.25, -0.2) is 4.39 Å². The molecule has 8 heteroatoms. The smallest absolute Gasteiger partial charge is 0.257 e. The van der Waals surface area contributed by atoms with E-state index in [1.807, 2.05) is 11.4 Å². The maximum Gasteiger partial charge on any atom is 0.257 e. The van der Waals surface area contributed by atoms with E-state index in [1.54, 1.807) is 52.6 Å². The molecular weight excluding hydrogens is 487 g/mol. The predicted molar refractivity (Wildman–Crippen MR) is 134 cm³/mol. The molecule has 2 aliphatic rings. The molecular formula is C27H26ClFN2O3S. The average molecular weight is 513 g/mol. The van der Waals surface area contributed by atoms with E-state index in [-0.39, 0.29) is 24.1 Å². The van der Waals surface area contributed by atoms with Crippen molar-refractivity contribution in [3.05, 3.63) is 86.8 Å². The van der Waals surface area contributed by atoms with Crippen LogP contribution in [0.4, 0.5) is 4.39 Å². The van der Waals surface area contributed by atoms with Crippen LogP contribution in [0.15, 0.2) is 60.0 Å². The largest absolute Gasteiger partial charge is 0.491 e. The number of benzene rings is 2.